The minimum Gasteiger partial charge on any atom is -0.392 e. The highest BCUT2D eigenvalue weighted by Crippen LogP contribution is 2.17. The second-order valence-corrected chi connectivity index (χ2v) is 4.70. The fourth-order valence-corrected chi connectivity index (χ4v) is 1.95. The van der Waals surface area contributed by atoms with Gasteiger partial charge in [0, 0.05) is 25.4 Å². The second-order valence-electron chi connectivity index (χ2n) is 4.70. The summed E-state index contributed by atoms with van der Waals surface area (Å²) in [6.45, 7) is 1.84. The highest BCUT2D eigenvalue weighted by Gasteiger charge is 2.17. The maximum Gasteiger partial charge on any atom is 0.220 e. The molecule has 3 N–H and O–H groups in total. The van der Waals surface area contributed by atoms with E-state index in [-0.39, 0.29) is 31.2 Å². The molecule has 1 unspecified atom stereocenters. The summed E-state index contributed by atoms with van der Waals surface area (Å²) in [7, 11) is 0. The molecule has 0 aromatic rings. The molecular formula is C12H22N2O3. The summed E-state index contributed by atoms with van der Waals surface area (Å²) in [5.74, 6) is -0.239. The van der Waals surface area contributed by atoms with Crippen molar-refractivity contribution in [1.82, 2.24) is 10.6 Å². The number of hydrogen-bond donors (Lipinski definition) is 3. The fourth-order valence-electron chi connectivity index (χ4n) is 1.95. The minimum atomic E-state index is -0.550. The molecule has 0 radical (unpaired) electrons. The van der Waals surface area contributed by atoms with Crippen molar-refractivity contribution in [3.8, 4) is 0 Å². The van der Waals surface area contributed by atoms with Gasteiger partial charge < -0.3 is 15.7 Å². The average molecular weight is 242 g/mol. The van der Waals surface area contributed by atoms with E-state index < -0.39 is 6.10 Å². The average Bonchev–Trinajstić information content (AvgIpc) is 2.76. The van der Waals surface area contributed by atoms with Crippen molar-refractivity contribution in [3.05, 3.63) is 0 Å². The Morgan fingerprint density at radius 3 is 2.41 bits per heavy atom. The summed E-state index contributed by atoms with van der Waals surface area (Å²) in [6, 6.07) is 0.308. The molecule has 0 heterocycles. The first-order chi connectivity index (χ1) is 8.08. The zero-order valence-electron chi connectivity index (χ0n) is 10.4. The molecule has 1 fully saturated rings. The van der Waals surface area contributed by atoms with Crippen LogP contribution in [-0.2, 0) is 9.59 Å². The normalized spacial score (nSPS) is 17.8. The molecule has 17 heavy (non-hydrogen) atoms. The monoisotopic (exact) mass is 242 g/mol. The van der Waals surface area contributed by atoms with Crippen LogP contribution in [0.2, 0.25) is 0 Å². The number of rotatable bonds is 6. The number of aliphatic hydroxyl groups is 1. The van der Waals surface area contributed by atoms with Gasteiger partial charge in [0.2, 0.25) is 11.8 Å². The van der Waals surface area contributed by atoms with Crippen molar-refractivity contribution in [1.29, 1.82) is 0 Å². The number of amides is 2. The first-order valence-electron chi connectivity index (χ1n) is 6.32. The Bertz CT molecular complexity index is 260. The Hall–Kier alpha value is -1.10. The topological polar surface area (TPSA) is 78.4 Å². The lowest BCUT2D eigenvalue weighted by Crippen LogP contribution is -2.35. The number of hydrogen-bond acceptors (Lipinski definition) is 3. The predicted molar refractivity (Wildman–Crippen MR) is 64.3 cm³/mol. The number of carbonyl (C=O) groups excluding carboxylic acids is 2. The zero-order chi connectivity index (χ0) is 12.7. The maximum absolute atomic E-state index is 11.5. The molecule has 0 saturated heterocycles. The van der Waals surface area contributed by atoms with Gasteiger partial charge in [-0.05, 0) is 19.8 Å². The molecule has 1 saturated carbocycles. The standard InChI is InChI=1S/C12H22N2O3/c1-9(15)8-13-11(16)6-7-12(17)14-10-4-2-3-5-10/h9-10,15H,2-8H2,1H3,(H,13,16)(H,14,17). The van der Waals surface area contributed by atoms with Crippen LogP contribution in [0.25, 0.3) is 0 Å². The van der Waals surface area contributed by atoms with E-state index in [1.807, 2.05) is 0 Å². The zero-order valence-corrected chi connectivity index (χ0v) is 10.4. The summed E-state index contributed by atoms with van der Waals surface area (Å²) < 4.78 is 0. The van der Waals surface area contributed by atoms with Crippen LogP contribution in [0.3, 0.4) is 0 Å². The molecule has 98 valence electrons. The smallest absolute Gasteiger partial charge is 0.220 e. The maximum atomic E-state index is 11.5. The van der Waals surface area contributed by atoms with Gasteiger partial charge in [0.1, 0.15) is 0 Å². The van der Waals surface area contributed by atoms with E-state index in [1.54, 1.807) is 6.92 Å². The SMILES string of the molecule is CC(O)CNC(=O)CCC(=O)NC1CCCC1. The third-order valence-corrected chi connectivity index (χ3v) is 2.89. The molecule has 1 rings (SSSR count). The van der Waals surface area contributed by atoms with Crippen LogP contribution in [0.1, 0.15) is 45.4 Å². The first-order valence-corrected chi connectivity index (χ1v) is 6.32. The summed E-state index contributed by atoms with van der Waals surface area (Å²) in [5.41, 5.74) is 0. The van der Waals surface area contributed by atoms with Crippen LogP contribution < -0.4 is 10.6 Å². The Morgan fingerprint density at radius 1 is 1.24 bits per heavy atom. The lowest BCUT2D eigenvalue weighted by Gasteiger charge is -2.11. The number of nitrogens with one attached hydrogen (secondary N) is 2. The third-order valence-electron chi connectivity index (χ3n) is 2.89. The molecule has 0 bridgehead atoms. The lowest BCUT2D eigenvalue weighted by atomic mass is 10.2. The van der Waals surface area contributed by atoms with Crippen LogP contribution in [0, 0.1) is 0 Å². The van der Waals surface area contributed by atoms with E-state index in [1.165, 1.54) is 12.8 Å². The van der Waals surface area contributed by atoms with E-state index >= 15 is 0 Å². The van der Waals surface area contributed by atoms with Gasteiger partial charge in [0.25, 0.3) is 0 Å². The van der Waals surface area contributed by atoms with Crippen LogP contribution in [0.15, 0.2) is 0 Å². The van der Waals surface area contributed by atoms with Crippen molar-refractivity contribution in [3.63, 3.8) is 0 Å². The highest BCUT2D eigenvalue weighted by molar-refractivity contribution is 5.83. The van der Waals surface area contributed by atoms with Gasteiger partial charge in [-0.15, -0.1) is 0 Å². The van der Waals surface area contributed by atoms with Crippen molar-refractivity contribution >= 4 is 11.8 Å². The summed E-state index contributed by atoms with van der Waals surface area (Å²) in [6.07, 6.45) is 4.33. The van der Waals surface area contributed by atoms with E-state index in [0.29, 0.717) is 6.04 Å². The van der Waals surface area contributed by atoms with Gasteiger partial charge in [0.05, 0.1) is 6.10 Å². The Morgan fingerprint density at radius 2 is 1.82 bits per heavy atom. The molecule has 5 nitrogen and oxygen atoms in total. The largest absolute Gasteiger partial charge is 0.392 e. The molecular weight excluding hydrogens is 220 g/mol. The van der Waals surface area contributed by atoms with Gasteiger partial charge in [-0.3, -0.25) is 9.59 Å². The van der Waals surface area contributed by atoms with E-state index in [0.717, 1.165) is 12.8 Å². The van der Waals surface area contributed by atoms with Gasteiger partial charge in [-0.25, -0.2) is 0 Å². The highest BCUT2D eigenvalue weighted by atomic mass is 16.3. The van der Waals surface area contributed by atoms with Crippen molar-refractivity contribution in [2.75, 3.05) is 6.54 Å². The van der Waals surface area contributed by atoms with Crippen LogP contribution >= 0.6 is 0 Å². The molecule has 0 aromatic heterocycles. The van der Waals surface area contributed by atoms with E-state index in [4.69, 9.17) is 5.11 Å². The van der Waals surface area contributed by atoms with E-state index in [2.05, 4.69) is 10.6 Å². The summed E-state index contributed by atoms with van der Waals surface area (Å²) in [5, 5.41) is 14.5. The fraction of sp³-hybridized carbons (Fsp3) is 0.833. The lowest BCUT2D eigenvalue weighted by molar-refractivity contribution is -0.127. The van der Waals surface area contributed by atoms with Gasteiger partial charge in [0.15, 0.2) is 0 Å². The molecule has 0 spiro atoms. The quantitative estimate of drug-likeness (QED) is 0.628. The van der Waals surface area contributed by atoms with Crippen LogP contribution in [0.4, 0.5) is 0 Å². The second kappa shape index (κ2) is 7.27. The molecule has 0 aromatic carbocycles. The van der Waals surface area contributed by atoms with Crippen molar-refractivity contribution in [2.45, 2.75) is 57.6 Å². The van der Waals surface area contributed by atoms with E-state index in [9.17, 15) is 9.59 Å². The molecule has 5 heteroatoms. The van der Waals surface area contributed by atoms with Crippen LogP contribution in [0.5, 0.6) is 0 Å². The molecule has 1 atom stereocenters. The Kier molecular flexibility index (Phi) is 5.97. The van der Waals surface area contributed by atoms with Crippen molar-refractivity contribution < 1.29 is 14.7 Å². The van der Waals surface area contributed by atoms with Crippen molar-refractivity contribution in [2.24, 2.45) is 0 Å². The van der Waals surface area contributed by atoms with Gasteiger partial charge in [-0.2, -0.15) is 0 Å². The third kappa shape index (κ3) is 6.26. The van der Waals surface area contributed by atoms with Gasteiger partial charge >= 0.3 is 0 Å². The molecule has 1 aliphatic carbocycles. The number of aliphatic hydroxyl groups excluding tert-OH is 1. The molecule has 2 amide bonds. The summed E-state index contributed by atoms with van der Waals surface area (Å²) in [4.78, 5) is 22.8. The first kappa shape index (κ1) is 14.0. The molecule has 0 aliphatic heterocycles. The molecule has 1 aliphatic rings. The minimum absolute atomic E-state index is 0.0518. The van der Waals surface area contributed by atoms with Crippen LogP contribution in [-0.4, -0.2) is 35.6 Å². The Balaban J connectivity index is 2.08. The summed E-state index contributed by atoms with van der Waals surface area (Å²) >= 11 is 0. The number of carbonyl (C=O) groups is 2. The van der Waals surface area contributed by atoms with Gasteiger partial charge in [-0.1, -0.05) is 12.8 Å². The Labute approximate surface area is 102 Å². The predicted octanol–water partition coefficient (Wildman–Crippen LogP) is 0.322.